The maximum atomic E-state index is 5.81. The minimum atomic E-state index is 0.692. The number of likely N-dealkylation sites (tertiary alicyclic amines) is 1. The van der Waals surface area contributed by atoms with Crippen LogP contribution in [0.25, 0.3) is 0 Å². The number of rotatable bonds is 9. The smallest absolute Gasteiger partial charge is 0.190 e. The topological polar surface area (TPSA) is 58.1 Å². The molecule has 3 rings (SSSR count). The van der Waals surface area contributed by atoms with Crippen LogP contribution >= 0.6 is 0 Å². The first-order valence-electron chi connectivity index (χ1n) is 10.2. The Bertz CT molecular complexity index is 408. The summed E-state index contributed by atoms with van der Waals surface area (Å²) in [7, 11) is 1.85. The number of hydrogen-bond donors (Lipinski definition) is 2. The Hall–Kier alpha value is -0.850. The van der Waals surface area contributed by atoms with E-state index in [0.717, 1.165) is 76.7 Å². The van der Waals surface area contributed by atoms with E-state index in [2.05, 4.69) is 20.5 Å². The number of guanidine groups is 1. The molecule has 1 unspecified atom stereocenters. The summed E-state index contributed by atoms with van der Waals surface area (Å²) in [6.45, 7) is 7.99. The Balaban J connectivity index is 1.18. The quantitative estimate of drug-likeness (QED) is 0.374. The van der Waals surface area contributed by atoms with Gasteiger partial charge in [0.15, 0.2) is 5.96 Å². The van der Waals surface area contributed by atoms with Crippen molar-refractivity contribution in [2.24, 2.45) is 16.8 Å². The van der Waals surface area contributed by atoms with Gasteiger partial charge in [0, 0.05) is 59.2 Å². The van der Waals surface area contributed by atoms with Crippen LogP contribution in [0.5, 0.6) is 0 Å². The van der Waals surface area contributed by atoms with Crippen LogP contribution < -0.4 is 10.6 Å². The molecule has 2 N–H and O–H groups in total. The van der Waals surface area contributed by atoms with Crippen LogP contribution in [0, 0.1) is 11.8 Å². The number of aliphatic imine (C=N–C) groups is 1. The summed E-state index contributed by atoms with van der Waals surface area (Å²) in [5, 5.41) is 6.89. The largest absolute Gasteiger partial charge is 0.381 e. The highest BCUT2D eigenvalue weighted by molar-refractivity contribution is 5.79. The molecule has 2 aliphatic heterocycles. The predicted molar refractivity (Wildman–Crippen MR) is 101 cm³/mol. The van der Waals surface area contributed by atoms with Crippen molar-refractivity contribution in [2.75, 3.05) is 59.7 Å². The van der Waals surface area contributed by atoms with Crippen LogP contribution in [0.15, 0.2) is 4.99 Å². The second kappa shape index (κ2) is 10.3. The molecule has 3 fully saturated rings. The standard InChI is InChI=1S/C19H36N4O2/c1-20-19(22-13-17-5-9-23(14-17)18-3-4-18)21-8-2-10-25-15-16-6-11-24-12-7-16/h16-18H,2-15H2,1H3,(H2,20,21,22). The summed E-state index contributed by atoms with van der Waals surface area (Å²) in [6, 6.07) is 0.906. The van der Waals surface area contributed by atoms with Gasteiger partial charge in [-0.05, 0) is 56.9 Å². The van der Waals surface area contributed by atoms with Gasteiger partial charge in [-0.25, -0.2) is 0 Å². The summed E-state index contributed by atoms with van der Waals surface area (Å²) in [5.74, 6) is 2.38. The van der Waals surface area contributed by atoms with Crippen LogP contribution in [0.1, 0.15) is 38.5 Å². The lowest BCUT2D eigenvalue weighted by Crippen LogP contribution is -2.41. The molecule has 1 aliphatic carbocycles. The van der Waals surface area contributed by atoms with Crippen molar-refractivity contribution in [2.45, 2.75) is 44.6 Å². The molecule has 1 saturated carbocycles. The van der Waals surface area contributed by atoms with E-state index < -0.39 is 0 Å². The van der Waals surface area contributed by atoms with Crippen molar-refractivity contribution in [3.05, 3.63) is 0 Å². The minimum Gasteiger partial charge on any atom is -0.381 e. The summed E-state index contributed by atoms with van der Waals surface area (Å²) in [5.41, 5.74) is 0. The third kappa shape index (κ3) is 6.76. The summed E-state index contributed by atoms with van der Waals surface area (Å²) in [6.07, 6.45) is 7.46. The van der Waals surface area contributed by atoms with Gasteiger partial charge in [0.1, 0.15) is 0 Å². The van der Waals surface area contributed by atoms with Crippen molar-refractivity contribution in [1.29, 1.82) is 0 Å². The lowest BCUT2D eigenvalue weighted by Gasteiger charge is -2.21. The molecule has 2 saturated heterocycles. The van der Waals surface area contributed by atoms with Crippen LogP contribution in [0.2, 0.25) is 0 Å². The molecule has 0 aromatic carbocycles. The molecule has 0 bridgehead atoms. The average molecular weight is 353 g/mol. The van der Waals surface area contributed by atoms with E-state index in [1.165, 1.54) is 32.4 Å². The van der Waals surface area contributed by atoms with Gasteiger partial charge in [-0.15, -0.1) is 0 Å². The average Bonchev–Trinajstić information content (AvgIpc) is 3.40. The molecule has 0 spiro atoms. The zero-order chi connectivity index (χ0) is 17.3. The number of hydrogen-bond acceptors (Lipinski definition) is 4. The molecule has 6 heteroatoms. The molecular formula is C19H36N4O2. The Labute approximate surface area is 152 Å². The molecule has 144 valence electrons. The highest BCUT2D eigenvalue weighted by atomic mass is 16.5. The normalized spacial score (nSPS) is 26.1. The van der Waals surface area contributed by atoms with Gasteiger partial charge < -0.3 is 25.0 Å². The zero-order valence-corrected chi connectivity index (χ0v) is 15.8. The minimum absolute atomic E-state index is 0.692. The lowest BCUT2D eigenvalue weighted by molar-refractivity contribution is 0.0203. The predicted octanol–water partition coefficient (Wildman–Crippen LogP) is 1.47. The summed E-state index contributed by atoms with van der Waals surface area (Å²) < 4.78 is 11.2. The van der Waals surface area contributed by atoms with Crippen LogP contribution in [-0.4, -0.2) is 76.6 Å². The van der Waals surface area contributed by atoms with E-state index in [1.54, 1.807) is 0 Å². The molecule has 0 aromatic rings. The van der Waals surface area contributed by atoms with E-state index in [-0.39, 0.29) is 0 Å². The van der Waals surface area contributed by atoms with Crippen LogP contribution in [0.4, 0.5) is 0 Å². The SMILES string of the molecule is CN=C(NCCCOCC1CCOCC1)NCC1CCN(C2CC2)C1. The molecular weight excluding hydrogens is 316 g/mol. The Morgan fingerprint density at radius 1 is 1.12 bits per heavy atom. The Morgan fingerprint density at radius 2 is 1.96 bits per heavy atom. The van der Waals surface area contributed by atoms with Crippen molar-refractivity contribution >= 4 is 5.96 Å². The second-order valence-corrected chi connectivity index (χ2v) is 7.74. The number of nitrogens with zero attached hydrogens (tertiary/aromatic N) is 2. The molecule has 0 amide bonds. The molecule has 1 atom stereocenters. The summed E-state index contributed by atoms with van der Waals surface area (Å²) >= 11 is 0. The van der Waals surface area contributed by atoms with Crippen molar-refractivity contribution in [3.63, 3.8) is 0 Å². The molecule has 6 nitrogen and oxygen atoms in total. The Morgan fingerprint density at radius 3 is 2.72 bits per heavy atom. The third-order valence-electron chi connectivity index (χ3n) is 5.61. The highest BCUT2D eigenvalue weighted by Crippen LogP contribution is 2.31. The van der Waals surface area contributed by atoms with Gasteiger partial charge in [-0.3, -0.25) is 4.99 Å². The fourth-order valence-electron chi connectivity index (χ4n) is 3.81. The summed E-state index contributed by atoms with van der Waals surface area (Å²) in [4.78, 5) is 7.00. The van der Waals surface area contributed by atoms with E-state index >= 15 is 0 Å². The van der Waals surface area contributed by atoms with E-state index in [4.69, 9.17) is 9.47 Å². The number of nitrogens with one attached hydrogen (secondary N) is 2. The Kier molecular flexibility index (Phi) is 7.82. The van der Waals surface area contributed by atoms with Gasteiger partial charge in [0.05, 0.1) is 0 Å². The molecule has 25 heavy (non-hydrogen) atoms. The first-order chi connectivity index (χ1) is 12.3. The van der Waals surface area contributed by atoms with Gasteiger partial charge in [0.25, 0.3) is 0 Å². The van der Waals surface area contributed by atoms with Gasteiger partial charge in [0.2, 0.25) is 0 Å². The monoisotopic (exact) mass is 352 g/mol. The van der Waals surface area contributed by atoms with Gasteiger partial charge in [-0.1, -0.05) is 0 Å². The van der Waals surface area contributed by atoms with Crippen LogP contribution in [-0.2, 0) is 9.47 Å². The first kappa shape index (κ1) is 18.9. The first-order valence-corrected chi connectivity index (χ1v) is 10.2. The molecule has 2 heterocycles. The van der Waals surface area contributed by atoms with Crippen molar-refractivity contribution in [1.82, 2.24) is 15.5 Å². The van der Waals surface area contributed by atoms with Crippen molar-refractivity contribution in [3.8, 4) is 0 Å². The second-order valence-electron chi connectivity index (χ2n) is 7.74. The molecule has 0 aromatic heterocycles. The van der Waals surface area contributed by atoms with Gasteiger partial charge in [-0.2, -0.15) is 0 Å². The van der Waals surface area contributed by atoms with E-state index in [0.29, 0.717) is 5.92 Å². The third-order valence-corrected chi connectivity index (χ3v) is 5.61. The molecule has 3 aliphatic rings. The van der Waals surface area contributed by atoms with E-state index in [9.17, 15) is 0 Å². The van der Waals surface area contributed by atoms with Crippen molar-refractivity contribution < 1.29 is 9.47 Å². The zero-order valence-electron chi connectivity index (χ0n) is 15.8. The van der Waals surface area contributed by atoms with Gasteiger partial charge >= 0.3 is 0 Å². The maximum absolute atomic E-state index is 5.81. The lowest BCUT2D eigenvalue weighted by atomic mass is 10.0. The highest BCUT2D eigenvalue weighted by Gasteiger charge is 2.34. The number of ether oxygens (including phenoxy) is 2. The fourth-order valence-corrected chi connectivity index (χ4v) is 3.81. The maximum Gasteiger partial charge on any atom is 0.190 e. The molecule has 0 radical (unpaired) electrons. The van der Waals surface area contributed by atoms with Crippen LogP contribution in [0.3, 0.4) is 0 Å². The van der Waals surface area contributed by atoms with E-state index in [1.807, 2.05) is 7.05 Å². The fraction of sp³-hybridized carbons (Fsp3) is 0.947.